The van der Waals surface area contributed by atoms with Crippen LogP contribution < -0.4 is 0 Å². The van der Waals surface area contributed by atoms with E-state index in [0.717, 1.165) is 13.1 Å². The second-order valence-electron chi connectivity index (χ2n) is 3.28. The van der Waals surface area contributed by atoms with Crippen molar-refractivity contribution in [3.63, 3.8) is 0 Å². The number of hydrogen-bond donors (Lipinski definition) is 1. The highest BCUT2D eigenvalue weighted by Gasteiger charge is 2.14. The average Bonchev–Trinajstić information content (AvgIpc) is 2.15. The molecule has 0 saturated heterocycles. The van der Waals surface area contributed by atoms with E-state index in [2.05, 4.69) is 24.0 Å². The quantitative estimate of drug-likeness (QED) is 0.643. The van der Waals surface area contributed by atoms with E-state index in [4.69, 9.17) is 5.11 Å². The van der Waals surface area contributed by atoms with Gasteiger partial charge < -0.3 is 5.11 Å². The van der Waals surface area contributed by atoms with Crippen LogP contribution in [0, 0.1) is 0 Å². The van der Waals surface area contributed by atoms with Crippen LogP contribution in [-0.2, 0) is 0 Å². The van der Waals surface area contributed by atoms with Crippen molar-refractivity contribution in [2.75, 3.05) is 19.7 Å². The largest absolute Gasteiger partial charge is 0.395 e. The van der Waals surface area contributed by atoms with Gasteiger partial charge in [0.15, 0.2) is 0 Å². The summed E-state index contributed by atoms with van der Waals surface area (Å²) in [6.07, 6.45) is 8.32. The van der Waals surface area contributed by atoms with Gasteiger partial charge in [-0.05, 0) is 25.8 Å². The van der Waals surface area contributed by atoms with Crippen molar-refractivity contribution < 1.29 is 5.11 Å². The molecule has 0 bridgehead atoms. The smallest absolute Gasteiger partial charge is 0.0558 e. The second-order valence-corrected chi connectivity index (χ2v) is 3.28. The highest BCUT2D eigenvalue weighted by atomic mass is 16.3. The standard InChI is InChI=1S/C10H19NO/c1-2-11(8-9-12)10-6-4-3-5-7-10/h4,6,10,12H,2-3,5,7-9H2,1H3. The zero-order valence-corrected chi connectivity index (χ0v) is 7.87. The van der Waals surface area contributed by atoms with Crippen molar-refractivity contribution in [1.82, 2.24) is 4.90 Å². The van der Waals surface area contributed by atoms with Crippen molar-refractivity contribution in [1.29, 1.82) is 0 Å². The molecule has 1 aliphatic rings. The molecule has 0 heterocycles. The van der Waals surface area contributed by atoms with Gasteiger partial charge in [-0.1, -0.05) is 19.1 Å². The summed E-state index contributed by atoms with van der Waals surface area (Å²) in [5.74, 6) is 0. The van der Waals surface area contributed by atoms with Crippen LogP contribution in [0.3, 0.4) is 0 Å². The Balaban J connectivity index is 2.40. The average molecular weight is 169 g/mol. The van der Waals surface area contributed by atoms with Gasteiger partial charge in [-0.2, -0.15) is 0 Å². The number of allylic oxidation sites excluding steroid dienone is 1. The molecule has 0 aromatic rings. The maximum Gasteiger partial charge on any atom is 0.0558 e. The Morgan fingerprint density at radius 3 is 2.92 bits per heavy atom. The summed E-state index contributed by atoms with van der Waals surface area (Å²) < 4.78 is 0. The summed E-state index contributed by atoms with van der Waals surface area (Å²) in [4.78, 5) is 2.33. The van der Waals surface area contributed by atoms with Gasteiger partial charge in [-0.15, -0.1) is 0 Å². The van der Waals surface area contributed by atoms with Crippen LogP contribution in [0.5, 0.6) is 0 Å². The van der Waals surface area contributed by atoms with Crippen molar-refractivity contribution in [3.8, 4) is 0 Å². The summed E-state index contributed by atoms with van der Waals surface area (Å²) in [6.45, 7) is 4.28. The fraction of sp³-hybridized carbons (Fsp3) is 0.800. The minimum atomic E-state index is 0.276. The van der Waals surface area contributed by atoms with Crippen molar-refractivity contribution in [3.05, 3.63) is 12.2 Å². The lowest BCUT2D eigenvalue weighted by Crippen LogP contribution is -2.36. The van der Waals surface area contributed by atoms with Crippen molar-refractivity contribution in [2.45, 2.75) is 32.2 Å². The van der Waals surface area contributed by atoms with Gasteiger partial charge in [-0.3, -0.25) is 4.90 Å². The van der Waals surface area contributed by atoms with Gasteiger partial charge in [-0.25, -0.2) is 0 Å². The Kier molecular flexibility index (Phi) is 4.33. The number of aliphatic hydroxyl groups excluding tert-OH is 1. The van der Waals surface area contributed by atoms with E-state index in [-0.39, 0.29) is 6.61 Å². The first kappa shape index (κ1) is 9.75. The lowest BCUT2D eigenvalue weighted by Gasteiger charge is -2.29. The Morgan fingerprint density at radius 1 is 1.58 bits per heavy atom. The molecular weight excluding hydrogens is 150 g/mol. The summed E-state index contributed by atoms with van der Waals surface area (Å²) in [7, 11) is 0. The molecule has 0 aliphatic heterocycles. The van der Waals surface area contributed by atoms with Crippen LogP contribution in [0.15, 0.2) is 12.2 Å². The summed E-state index contributed by atoms with van der Waals surface area (Å²) >= 11 is 0. The molecule has 70 valence electrons. The maximum atomic E-state index is 8.83. The van der Waals surface area contributed by atoms with Gasteiger partial charge in [0.05, 0.1) is 6.61 Å². The van der Waals surface area contributed by atoms with Gasteiger partial charge >= 0.3 is 0 Å². The SMILES string of the molecule is CCN(CCO)C1C=CCCC1. The fourth-order valence-electron chi connectivity index (χ4n) is 1.79. The molecule has 0 aromatic carbocycles. The maximum absolute atomic E-state index is 8.83. The molecule has 1 aliphatic carbocycles. The zero-order chi connectivity index (χ0) is 8.81. The molecule has 2 nitrogen and oxygen atoms in total. The molecule has 1 unspecified atom stereocenters. The minimum Gasteiger partial charge on any atom is -0.395 e. The Bertz CT molecular complexity index is 145. The molecule has 0 aromatic heterocycles. The lowest BCUT2D eigenvalue weighted by molar-refractivity contribution is 0.169. The number of nitrogens with zero attached hydrogens (tertiary/aromatic N) is 1. The van der Waals surface area contributed by atoms with Crippen LogP contribution in [0.4, 0.5) is 0 Å². The molecule has 0 fully saturated rings. The van der Waals surface area contributed by atoms with Crippen LogP contribution in [0.2, 0.25) is 0 Å². The van der Waals surface area contributed by atoms with E-state index in [1.165, 1.54) is 19.3 Å². The van der Waals surface area contributed by atoms with Gasteiger partial charge in [0.2, 0.25) is 0 Å². The fourth-order valence-corrected chi connectivity index (χ4v) is 1.79. The first-order valence-corrected chi connectivity index (χ1v) is 4.90. The molecule has 1 rings (SSSR count). The number of hydrogen-bond acceptors (Lipinski definition) is 2. The predicted octanol–water partition coefficient (Wildman–Crippen LogP) is 1.41. The third kappa shape index (κ3) is 2.61. The van der Waals surface area contributed by atoms with Gasteiger partial charge in [0.25, 0.3) is 0 Å². The number of rotatable bonds is 4. The van der Waals surface area contributed by atoms with Crippen molar-refractivity contribution >= 4 is 0 Å². The normalized spacial score (nSPS) is 23.4. The molecular formula is C10H19NO. The Labute approximate surface area is 74.9 Å². The second kappa shape index (κ2) is 5.33. The van der Waals surface area contributed by atoms with E-state index in [1.54, 1.807) is 0 Å². The molecule has 2 heteroatoms. The molecule has 1 atom stereocenters. The van der Waals surface area contributed by atoms with Crippen LogP contribution in [0.25, 0.3) is 0 Å². The molecule has 12 heavy (non-hydrogen) atoms. The predicted molar refractivity (Wildman–Crippen MR) is 51.1 cm³/mol. The van der Waals surface area contributed by atoms with Crippen molar-refractivity contribution in [2.24, 2.45) is 0 Å². The molecule has 0 saturated carbocycles. The third-order valence-corrected chi connectivity index (χ3v) is 2.49. The summed E-state index contributed by atoms with van der Waals surface area (Å²) in [5, 5.41) is 8.83. The van der Waals surface area contributed by atoms with Crippen LogP contribution in [-0.4, -0.2) is 35.7 Å². The van der Waals surface area contributed by atoms with E-state index in [9.17, 15) is 0 Å². The van der Waals surface area contributed by atoms with E-state index < -0.39 is 0 Å². The van der Waals surface area contributed by atoms with Gasteiger partial charge in [0.1, 0.15) is 0 Å². The Morgan fingerprint density at radius 2 is 2.42 bits per heavy atom. The van der Waals surface area contributed by atoms with E-state index in [0.29, 0.717) is 6.04 Å². The third-order valence-electron chi connectivity index (χ3n) is 2.49. The number of likely N-dealkylation sites (N-methyl/N-ethyl adjacent to an activating group) is 1. The summed E-state index contributed by atoms with van der Waals surface area (Å²) in [5.41, 5.74) is 0. The minimum absolute atomic E-state index is 0.276. The highest BCUT2D eigenvalue weighted by molar-refractivity contribution is 4.98. The summed E-state index contributed by atoms with van der Waals surface area (Å²) in [6, 6.07) is 0.580. The first-order valence-electron chi connectivity index (χ1n) is 4.90. The zero-order valence-electron chi connectivity index (χ0n) is 7.87. The van der Waals surface area contributed by atoms with Crippen LogP contribution >= 0.6 is 0 Å². The van der Waals surface area contributed by atoms with E-state index in [1.807, 2.05) is 0 Å². The first-order chi connectivity index (χ1) is 5.88. The highest BCUT2D eigenvalue weighted by Crippen LogP contribution is 2.15. The topological polar surface area (TPSA) is 23.5 Å². The number of aliphatic hydroxyl groups is 1. The van der Waals surface area contributed by atoms with Crippen LogP contribution in [0.1, 0.15) is 26.2 Å². The molecule has 0 radical (unpaired) electrons. The molecule has 1 N–H and O–H groups in total. The Hall–Kier alpha value is -0.340. The van der Waals surface area contributed by atoms with Gasteiger partial charge in [0, 0.05) is 12.6 Å². The van der Waals surface area contributed by atoms with E-state index >= 15 is 0 Å². The molecule has 0 amide bonds. The lowest BCUT2D eigenvalue weighted by atomic mass is 10.0. The molecule has 0 spiro atoms. The monoisotopic (exact) mass is 169 g/mol.